The van der Waals surface area contributed by atoms with Crippen LogP contribution in [0.5, 0.6) is 0 Å². The summed E-state index contributed by atoms with van der Waals surface area (Å²) >= 11 is 0. The quantitative estimate of drug-likeness (QED) is 0.295. The summed E-state index contributed by atoms with van der Waals surface area (Å²) in [5.74, 6) is -0.834. The molecular weight excluding hydrogens is 428 g/mol. The lowest BCUT2D eigenvalue weighted by Gasteiger charge is -2.08. The Kier molecular flexibility index (Phi) is 8.05. The zero-order chi connectivity index (χ0) is 20.7. The van der Waals surface area contributed by atoms with Gasteiger partial charge in [-0.25, -0.2) is 8.42 Å². The van der Waals surface area contributed by atoms with Gasteiger partial charge in [0.2, 0.25) is 6.54 Å². The zero-order valence-electron chi connectivity index (χ0n) is 15.7. The molecule has 1 aromatic heterocycles. The predicted octanol–water partition coefficient (Wildman–Crippen LogP) is -1.76. The lowest BCUT2D eigenvalue weighted by molar-refractivity contribution is -0.684. The molecule has 0 radical (unpaired) electrons. The zero-order valence-corrected chi connectivity index (χ0v) is 17.2. The van der Waals surface area contributed by atoms with Crippen LogP contribution in [0.1, 0.15) is 10.4 Å². The maximum absolute atomic E-state index is 12.2. The number of aromatic nitrogens is 1. The molecule has 2 amide bonds. The normalized spacial score (nSPS) is 10.5. The molecule has 0 aliphatic rings. The highest BCUT2D eigenvalue weighted by molar-refractivity contribution is 7.89. The molecule has 3 N–H and O–H groups in total. The van der Waals surface area contributed by atoms with Crippen molar-refractivity contribution in [2.45, 2.75) is 11.4 Å². The van der Waals surface area contributed by atoms with E-state index in [1.54, 1.807) is 47.3 Å². The number of hydrogen-bond donors (Lipinski definition) is 3. The number of sulfonamides is 1. The Morgan fingerprint density at radius 1 is 0.833 bits per heavy atom. The Balaban J connectivity index is 0.00000320. The molecular formula is C20H19ClN4O4S. The van der Waals surface area contributed by atoms with Crippen LogP contribution in [0.25, 0.3) is 0 Å². The van der Waals surface area contributed by atoms with Gasteiger partial charge in [0.15, 0.2) is 12.4 Å². The number of amides is 2. The van der Waals surface area contributed by atoms with Crippen molar-refractivity contribution in [3.63, 3.8) is 0 Å². The largest absolute Gasteiger partial charge is 1.00 e. The van der Waals surface area contributed by atoms with E-state index in [4.69, 9.17) is 0 Å². The fourth-order valence-corrected chi connectivity index (χ4v) is 3.31. The number of benzene rings is 2. The summed E-state index contributed by atoms with van der Waals surface area (Å²) in [6.45, 7) is 0.0669. The van der Waals surface area contributed by atoms with E-state index in [1.807, 2.05) is 23.0 Å². The molecule has 0 aliphatic carbocycles. The number of para-hydroxylation sites is 1. The van der Waals surface area contributed by atoms with Crippen LogP contribution in [0, 0.1) is 0 Å². The summed E-state index contributed by atoms with van der Waals surface area (Å²) in [5, 5.41) is 2.76. The maximum Gasteiger partial charge on any atom is 0.290 e. The SMILES string of the molecule is O=C(C[n+]1ccc(C(=O)NNS(=O)(=O)c2ccccc2)cc1)Nc1ccccc1.[Cl-]. The van der Waals surface area contributed by atoms with E-state index in [1.165, 1.54) is 24.3 Å². The standard InChI is InChI=1S/C20H18N4O4S.ClH/c25-19(21-17-7-3-1-4-8-17)15-24-13-11-16(12-14-24)20(26)22-23-29(27,28)18-9-5-2-6-10-18;/h1-14H,15H2,(H2,21,25,26);1H. The number of halogens is 1. The van der Waals surface area contributed by atoms with Crippen LogP contribution in [0.3, 0.4) is 0 Å². The first-order valence-corrected chi connectivity index (χ1v) is 10.1. The lowest BCUT2D eigenvalue weighted by Crippen LogP contribution is -3.00. The number of nitrogens with zero attached hydrogens (tertiary/aromatic N) is 1. The molecule has 0 saturated carbocycles. The van der Waals surface area contributed by atoms with Crippen molar-refractivity contribution in [2.75, 3.05) is 5.32 Å². The molecule has 0 unspecified atom stereocenters. The topological polar surface area (TPSA) is 108 Å². The Morgan fingerprint density at radius 3 is 2.00 bits per heavy atom. The van der Waals surface area contributed by atoms with Crippen LogP contribution in [0.15, 0.2) is 90.1 Å². The van der Waals surface area contributed by atoms with Crippen molar-refractivity contribution < 1.29 is 35.0 Å². The fourth-order valence-electron chi connectivity index (χ4n) is 2.45. The second-order valence-electron chi connectivity index (χ2n) is 6.05. The van der Waals surface area contributed by atoms with Crippen molar-refractivity contribution >= 4 is 27.5 Å². The molecule has 30 heavy (non-hydrogen) atoms. The average molecular weight is 447 g/mol. The van der Waals surface area contributed by atoms with Gasteiger partial charge >= 0.3 is 0 Å². The highest BCUT2D eigenvalue weighted by Crippen LogP contribution is 2.06. The molecule has 8 nitrogen and oxygen atoms in total. The maximum atomic E-state index is 12.2. The van der Waals surface area contributed by atoms with Crippen LogP contribution in [-0.4, -0.2) is 20.2 Å². The number of carbonyl (C=O) groups excluding carboxylic acids is 2. The first kappa shape index (κ1) is 23.0. The minimum absolute atomic E-state index is 0. The summed E-state index contributed by atoms with van der Waals surface area (Å²) < 4.78 is 25.8. The van der Waals surface area contributed by atoms with E-state index in [2.05, 4.69) is 10.7 Å². The molecule has 0 fully saturated rings. The van der Waals surface area contributed by atoms with Crippen LogP contribution >= 0.6 is 0 Å². The van der Waals surface area contributed by atoms with Crippen LogP contribution < -0.4 is 32.5 Å². The van der Waals surface area contributed by atoms with E-state index in [0.29, 0.717) is 5.69 Å². The summed E-state index contributed by atoms with van der Waals surface area (Å²) in [5.41, 5.74) is 3.10. The molecule has 3 aromatic rings. The van der Waals surface area contributed by atoms with Gasteiger partial charge in [-0.05, 0) is 24.3 Å². The van der Waals surface area contributed by atoms with Crippen LogP contribution in [0.2, 0.25) is 0 Å². The van der Waals surface area contributed by atoms with Gasteiger partial charge in [-0.3, -0.25) is 15.0 Å². The summed E-state index contributed by atoms with van der Waals surface area (Å²) in [6, 6.07) is 19.7. The summed E-state index contributed by atoms with van der Waals surface area (Å²) in [7, 11) is -3.86. The molecule has 10 heteroatoms. The van der Waals surface area contributed by atoms with E-state index < -0.39 is 15.9 Å². The molecule has 156 valence electrons. The molecule has 3 rings (SSSR count). The Bertz CT molecular complexity index is 1090. The second-order valence-corrected chi connectivity index (χ2v) is 7.73. The Labute approximate surface area is 180 Å². The van der Waals surface area contributed by atoms with Crippen molar-refractivity contribution in [3.05, 3.63) is 90.8 Å². The average Bonchev–Trinajstić information content (AvgIpc) is 2.74. The van der Waals surface area contributed by atoms with Crippen molar-refractivity contribution in [3.8, 4) is 0 Å². The number of carbonyl (C=O) groups is 2. The van der Waals surface area contributed by atoms with Gasteiger partial charge in [-0.1, -0.05) is 36.4 Å². The number of hydrogen-bond acceptors (Lipinski definition) is 4. The number of anilines is 1. The smallest absolute Gasteiger partial charge is 0.290 e. The summed E-state index contributed by atoms with van der Waals surface area (Å²) in [6.07, 6.45) is 3.12. The van der Waals surface area contributed by atoms with E-state index in [0.717, 1.165) is 0 Å². The fraction of sp³-hybridized carbons (Fsp3) is 0.0500. The van der Waals surface area contributed by atoms with E-state index in [-0.39, 0.29) is 35.3 Å². The molecule has 2 aromatic carbocycles. The molecule has 0 bridgehead atoms. The first-order valence-electron chi connectivity index (χ1n) is 8.65. The number of hydrazine groups is 1. The highest BCUT2D eigenvalue weighted by Gasteiger charge is 2.16. The molecule has 0 spiro atoms. The van der Waals surface area contributed by atoms with Gasteiger partial charge in [0.1, 0.15) is 0 Å². The second kappa shape index (κ2) is 10.5. The van der Waals surface area contributed by atoms with Gasteiger partial charge in [0.05, 0.1) is 10.5 Å². The lowest BCUT2D eigenvalue weighted by atomic mass is 10.2. The minimum atomic E-state index is -3.86. The van der Waals surface area contributed by atoms with Gasteiger partial charge in [0.25, 0.3) is 21.8 Å². The number of nitrogens with one attached hydrogen (secondary N) is 3. The third-order valence-corrected chi connectivity index (χ3v) is 5.15. The third-order valence-electron chi connectivity index (χ3n) is 3.89. The monoisotopic (exact) mass is 446 g/mol. The predicted molar refractivity (Wildman–Crippen MR) is 106 cm³/mol. The van der Waals surface area contributed by atoms with Crippen LogP contribution in [-0.2, 0) is 21.4 Å². The van der Waals surface area contributed by atoms with Crippen molar-refractivity contribution in [1.29, 1.82) is 0 Å². The Hall–Kier alpha value is -3.27. The van der Waals surface area contributed by atoms with Gasteiger partial charge in [0, 0.05) is 17.8 Å². The summed E-state index contributed by atoms with van der Waals surface area (Å²) in [4.78, 5) is 26.3. The molecule has 0 atom stereocenters. The van der Waals surface area contributed by atoms with E-state index >= 15 is 0 Å². The molecule has 0 aliphatic heterocycles. The van der Waals surface area contributed by atoms with E-state index in [9.17, 15) is 18.0 Å². The van der Waals surface area contributed by atoms with Gasteiger partial charge < -0.3 is 17.7 Å². The Morgan fingerprint density at radius 2 is 1.40 bits per heavy atom. The molecule has 1 heterocycles. The van der Waals surface area contributed by atoms with Gasteiger partial charge in [-0.15, -0.1) is 4.83 Å². The molecule has 0 saturated heterocycles. The first-order chi connectivity index (χ1) is 13.9. The van der Waals surface area contributed by atoms with Crippen molar-refractivity contribution in [2.24, 2.45) is 0 Å². The third kappa shape index (κ3) is 6.38. The van der Waals surface area contributed by atoms with Crippen LogP contribution in [0.4, 0.5) is 5.69 Å². The number of rotatable bonds is 7. The minimum Gasteiger partial charge on any atom is -1.00 e. The number of pyridine rings is 1. The van der Waals surface area contributed by atoms with Gasteiger partial charge in [-0.2, -0.15) is 4.57 Å². The van der Waals surface area contributed by atoms with Crippen molar-refractivity contribution in [1.82, 2.24) is 10.3 Å². The highest BCUT2D eigenvalue weighted by atomic mass is 35.5.